The first-order chi connectivity index (χ1) is 9.27. The molecule has 3 nitrogen and oxygen atoms in total. The van der Waals surface area contributed by atoms with Crippen LogP contribution in [0.25, 0.3) is 11.1 Å². The molecular formula is C16H20ClNO2. The lowest BCUT2D eigenvalue weighted by Crippen LogP contribution is -2.13. The summed E-state index contributed by atoms with van der Waals surface area (Å²) >= 11 is 0. The molecule has 3 N–H and O–H groups in total. The van der Waals surface area contributed by atoms with E-state index in [-0.39, 0.29) is 25.1 Å². The molecule has 4 heteroatoms. The van der Waals surface area contributed by atoms with Crippen molar-refractivity contribution in [1.29, 1.82) is 0 Å². The Hall–Kier alpha value is -1.55. The number of rotatable bonds is 5. The summed E-state index contributed by atoms with van der Waals surface area (Å²) < 4.78 is 5.54. The summed E-state index contributed by atoms with van der Waals surface area (Å²) in [5.41, 5.74) is 9.13. The van der Waals surface area contributed by atoms with Crippen molar-refractivity contribution in [3.05, 3.63) is 54.1 Å². The average Bonchev–Trinajstić information content (AvgIpc) is 2.47. The molecule has 0 heterocycles. The van der Waals surface area contributed by atoms with Crippen LogP contribution in [0.5, 0.6) is 5.75 Å². The summed E-state index contributed by atoms with van der Waals surface area (Å²) in [6.07, 6.45) is 0.522. The Balaban J connectivity index is 0.00000200. The molecule has 0 amide bonds. The van der Waals surface area contributed by atoms with E-state index in [1.807, 2.05) is 48.5 Å². The first-order valence-corrected chi connectivity index (χ1v) is 6.36. The van der Waals surface area contributed by atoms with E-state index in [1.165, 1.54) is 0 Å². The normalized spacial score (nSPS) is 11.6. The SMILES string of the molecule is COc1c(-c2ccccc2)cccc1C(N)CCO.Cl. The molecule has 108 valence electrons. The van der Waals surface area contributed by atoms with Crippen molar-refractivity contribution in [1.82, 2.24) is 0 Å². The Morgan fingerprint density at radius 2 is 1.80 bits per heavy atom. The van der Waals surface area contributed by atoms with Crippen LogP contribution in [0.2, 0.25) is 0 Å². The Kier molecular flexibility index (Phi) is 6.52. The number of aliphatic hydroxyl groups excluding tert-OH is 1. The maximum Gasteiger partial charge on any atom is 0.131 e. The van der Waals surface area contributed by atoms with Crippen LogP contribution in [0.3, 0.4) is 0 Å². The highest BCUT2D eigenvalue weighted by Crippen LogP contribution is 2.36. The molecule has 0 aromatic heterocycles. The van der Waals surface area contributed by atoms with Crippen molar-refractivity contribution in [2.75, 3.05) is 13.7 Å². The number of halogens is 1. The van der Waals surface area contributed by atoms with E-state index >= 15 is 0 Å². The standard InChI is InChI=1S/C16H19NO2.ClH/c1-19-16-13(12-6-3-2-4-7-12)8-5-9-14(16)15(17)10-11-18;/h2-9,15,18H,10-11,17H2,1H3;1H. The maximum absolute atomic E-state index is 9.03. The van der Waals surface area contributed by atoms with E-state index in [4.69, 9.17) is 15.6 Å². The molecule has 0 aliphatic heterocycles. The lowest BCUT2D eigenvalue weighted by atomic mass is 9.96. The highest BCUT2D eigenvalue weighted by molar-refractivity contribution is 5.85. The Bertz CT molecular complexity index is 531. The molecule has 0 radical (unpaired) electrons. The molecule has 2 rings (SSSR count). The predicted molar refractivity (Wildman–Crippen MR) is 84.3 cm³/mol. The molecule has 0 aliphatic carbocycles. The largest absolute Gasteiger partial charge is 0.496 e. The number of nitrogens with two attached hydrogens (primary N) is 1. The second-order valence-electron chi connectivity index (χ2n) is 4.41. The van der Waals surface area contributed by atoms with Gasteiger partial charge in [-0.05, 0) is 12.0 Å². The zero-order valence-electron chi connectivity index (χ0n) is 11.5. The lowest BCUT2D eigenvalue weighted by molar-refractivity contribution is 0.275. The lowest BCUT2D eigenvalue weighted by Gasteiger charge is -2.18. The van der Waals surface area contributed by atoms with Crippen molar-refractivity contribution in [3.63, 3.8) is 0 Å². The van der Waals surface area contributed by atoms with Crippen molar-refractivity contribution in [3.8, 4) is 16.9 Å². The van der Waals surface area contributed by atoms with Gasteiger partial charge in [-0.2, -0.15) is 0 Å². The summed E-state index contributed by atoms with van der Waals surface area (Å²) in [6, 6.07) is 15.8. The highest BCUT2D eigenvalue weighted by Gasteiger charge is 2.15. The number of hydrogen-bond acceptors (Lipinski definition) is 3. The van der Waals surface area contributed by atoms with Crippen molar-refractivity contribution in [2.45, 2.75) is 12.5 Å². The minimum atomic E-state index is -0.219. The summed E-state index contributed by atoms with van der Waals surface area (Å²) in [5, 5.41) is 9.03. The molecule has 1 unspecified atom stereocenters. The fourth-order valence-corrected chi connectivity index (χ4v) is 2.21. The van der Waals surface area contributed by atoms with Gasteiger partial charge in [0, 0.05) is 23.8 Å². The van der Waals surface area contributed by atoms with Crippen LogP contribution in [0.4, 0.5) is 0 Å². The van der Waals surface area contributed by atoms with Gasteiger partial charge in [0.1, 0.15) is 5.75 Å². The minimum Gasteiger partial charge on any atom is -0.496 e. The third kappa shape index (κ3) is 3.51. The van der Waals surface area contributed by atoms with Gasteiger partial charge in [-0.15, -0.1) is 12.4 Å². The van der Waals surface area contributed by atoms with Crippen LogP contribution in [0, 0.1) is 0 Å². The zero-order valence-corrected chi connectivity index (χ0v) is 12.3. The van der Waals surface area contributed by atoms with Crippen molar-refractivity contribution in [2.24, 2.45) is 5.73 Å². The van der Waals surface area contributed by atoms with Crippen molar-refractivity contribution >= 4 is 12.4 Å². The van der Waals surface area contributed by atoms with Crippen LogP contribution in [-0.4, -0.2) is 18.8 Å². The van der Waals surface area contributed by atoms with E-state index in [0.717, 1.165) is 22.4 Å². The molecule has 1 atom stereocenters. The van der Waals surface area contributed by atoms with E-state index in [1.54, 1.807) is 7.11 Å². The Labute approximate surface area is 125 Å². The second-order valence-corrected chi connectivity index (χ2v) is 4.41. The summed E-state index contributed by atoms with van der Waals surface area (Å²) in [7, 11) is 1.65. The maximum atomic E-state index is 9.03. The number of hydrogen-bond donors (Lipinski definition) is 2. The first-order valence-electron chi connectivity index (χ1n) is 6.36. The Morgan fingerprint density at radius 1 is 1.10 bits per heavy atom. The molecule has 2 aromatic rings. The van der Waals surface area contributed by atoms with Crippen molar-refractivity contribution < 1.29 is 9.84 Å². The summed E-state index contributed by atoms with van der Waals surface area (Å²) in [4.78, 5) is 0. The number of ether oxygens (including phenoxy) is 1. The fraction of sp³-hybridized carbons (Fsp3) is 0.250. The topological polar surface area (TPSA) is 55.5 Å². The average molecular weight is 294 g/mol. The summed E-state index contributed by atoms with van der Waals surface area (Å²) in [6.45, 7) is 0.0693. The Morgan fingerprint density at radius 3 is 2.40 bits per heavy atom. The van der Waals surface area contributed by atoms with Gasteiger partial charge in [0.05, 0.1) is 7.11 Å². The van der Waals surface area contributed by atoms with Crippen LogP contribution in [0.15, 0.2) is 48.5 Å². The first kappa shape index (κ1) is 16.5. The number of benzene rings is 2. The van der Waals surface area contributed by atoms with Gasteiger partial charge < -0.3 is 15.6 Å². The van der Waals surface area contributed by atoms with Gasteiger partial charge in [0.2, 0.25) is 0 Å². The molecule has 20 heavy (non-hydrogen) atoms. The number of aliphatic hydroxyl groups is 1. The van der Waals surface area contributed by atoms with Gasteiger partial charge >= 0.3 is 0 Å². The predicted octanol–water partition coefficient (Wildman–Crippen LogP) is 3.17. The third-order valence-corrected chi connectivity index (χ3v) is 3.17. The van der Waals surface area contributed by atoms with E-state index in [2.05, 4.69) is 0 Å². The molecule has 0 saturated heterocycles. The third-order valence-electron chi connectivity index (χ3n) is 3.17. The van der Waals surface area contributed by atoms with Crippen LogP contribution in [-0.2, 0) is 0 Å². The van der Waals surface area contributed by atoms with Gasteiger partial charge in [-0.1, -0.05) is 48.5 Å². The van der Waals surface area contributed by atoms with E-state index < -0.39 is 0 Å². The second kappa shape index (κ2) is 7.90. The van der Waals surface area contributed by atoms with E-state index in [0.29, 0.717) is 6.42 Å². The number of para-hydroxylation sites is 1. The van der Waals surface area contributed by atoms with Gasteiger partial charge in [-0.3, -0.25) is 0 Å². The number of methoxy groups -OCH3 is 1. The zero-order chi connectivity index (χ0) is 13.7. The molecular weight excluding hydrogens is 274 g/mol. The van der Waals surface area contributed by atoms with Crippen LogP contribution >= 0.6 is 12.4 Å². The van der Waals surface area contributed by atoms with Gasteiger partial charge in [0.25, 0.3) is 0 Å². The molecule has 0 bridgehead atoms. The van der Waals surface area contributed by atoms with Crippen LogP contribution < -0.4 is 10.5 Å². The van der Waals surface area contributed by atoms with Crippen LogP contribution in [0.1, 0.15) is 18.0 Å². The smallest absolute Gasteiger partial charge is 0.131 e. The molecule has 0 fully saturated rings. The fourth-order valence-electron chi connectivity index (χ4n) is 2.21. The summed E-state index contributed by atoms with van der Waals surface area (Å²) in [5.74, 6) is 0.787. The van der Waals surface area contributed by atoms with E-state index in [9.17, 15) is 0 Å². The molecule has 0 spiro atoms. The molecule has 0 saturated carbocycles. The highest BCUT2D eigenvalue weighted by atomic mass is 35.5. The van der Waals surface area contributed by atoms with Gasteiger partial charge in [0.15, 0.2) is 0 Å². The molecule has 2 aromatic carbocycles. The monoisotopic (exact) mass is 293 g/mol. The minimum absolute atomic E-state index is 0. The van der Waals surface area contributed by atoms with Gasteiger partial charge in [-0.25, -0.2) is 0 Å². The quantitative estimate of drug-likeness (QED) is 0.890. The molecule has 0 aliphatic rings.